The molecular weight excluding hydrogens is 354 g/mol. The van der Waals surface area contributed by atoms with Gasteiger partial charge in [-0.15, -0.1) is 0 Å². The summed E-state index contributed by atoms with van der Waals surface area (Å²) >= 11 is 0. The molecule has 0 N–H and O–H groups in total. The Balaban J connectivity index is 1.34. The Hall–Kier alpha value is -3.15. The third-order valence-electron chi connectivity index (χ3n) is 5.78. The highest BCUT2D eigenvalue weighted by molar-refractivity contribution is 6.01. The van der Waals surface area contributed by atoms with E-state index in [1.807, 2.05) is 41.3 Å². The van der Waals surface area contributed by atoms with Crippen LogP contribution in [0.25, 0.3) is 11.1 Å². The maximum Gasteiger partial charge on any atom is 0.327 e. The Morgan fingerprint density at radius 3 is 2.29 bits per heavy atom. The van der Waals surface area contributed by atoms with Crippen LogP contribution in [-0.4, -0.2) is 52.2 Å². The summed E-state index contributed by atoms with van der Waals surface area (Å²) in [6.45, 7) is 1.14. The Bertz CT molecular complexity index is 995. The summed E-state index contributed by atoms with van der Waals surface area (Å²) in [5, 5.41) is 0. The monoisotopic (exact) mass is 375 g/mol. The summed E-state index contributed by atoms with van der Waals surface area (Å²) < 4.78 is 0. The molecule has 0 unspecified atom stereocenters. The van der Waals surface area contributed by atoms with E-state index in [1.54, 1.807) is 7.05 Å². The molecule has 6 heteroatoms. The van der Waals surface area contributed by atoms with Crippen LogP contribution in [0.5, 0.6) is 0 Å². The van der Waals surface area contributed by atoms with Crippen molar-refractivity contribution in [1.29, 1.82) is 0 Å². The molecule has 0 radical (unpaired) electrons. The molecule has 2 aromatic carbocycles. The van der Waals surface area contributed by atoms with Crippen molar-refractivity contribution in [2.45, 2.75) is 32.0 Å². The summed E-state index contributed by atoms with van der Waals surface area (Å²) in [4.78, 5) is 41.1. The zero-order valence-electron chi connectivity index (χ0n) is 15.7. The molecule has 142 valence electrons. The fourth-order valence-corrected chi connectivity index (χ4v) is 4.01. The number of fused-ring (bicyclic) bond motifs is 1. The van der Waals surface area contributed by atoms with Gasteiger partial charge in [-0.25, -0.2) is 4.79 Å². The summed E-state index contributed by atoms with van der Waals surface area (Å²) in [5.74, 6) is -0.00982. The number of carbonyl (C=O) groups excluding carboxylic acids is 3. The number of benzene rings is 2. The van der Waals surface area contributed by atoms with Crippen LogP contribution in [-0.2, 0) is 17.9 Å². The van der Waals surface area contributed by atoms with Gasteiger partial charge in [0.05, 0.1) is 6.54 Å². The van der Waals surface area contributed by atoms with Gasteiger partial charge >= 0.3 is 6.03 Å². The van der Waals surface area contributed by atoms with E-state index in [4.69, 9.17) is 0 Å². The largest absolute Gasteiger partial charge is 0.331 e. The molecule has 5 rings (SSSR count). The predicted octanol–water partition coefficient (Wildman–Crippen LogP) is 2.87. The van der Waals surface area contributed by atoms with Crippen molar-refractivity contribution in [1.82, 2.24) is 14.7 Å². The van der Waals surface area contributed by atoms with Crippen LogP contribution in [0.15, 0.2) is 42.5 Å². The molecule has 2 fully saturated rings. The van der Waals surface area contributed by atoms with E-state index < -0.39 is 0 Å². The number of hydrogen-bond donors (Lipinski definition) is 0. The number of likely N-dealkylation sites (N-methyl/N-ethyl adjacent to an activating group) is 1. The van der Waals surface area contributed by atoms with Crippen molar-refractivity contribution in [3.63, 3.8) is 0 Å². The highest BCUT2D eigenvalue weighted by Gasteiger charge is 2.38. The van der Waals surface area contributed by atoms with E-state index in [1.165, 1.54) is 9.80 Å². The maximum atomic E-state index is 12.5. The van der Waals surface area contributed by atoms with Crippen LogP contribution >= 0.6 is 0 Å². The van der Waals surface area contributed by atoms with Crippen LogP contribution in [0, 0.1) is 0 Å². The first-order valence-corrected chi connectivity index (χ1v) is 9.60. The number of rotatable bonds is 4. The lowest BCUT2D eigenvalue weighted by atomic mass is 9.99. The van der Waals surface area contributed by atoms with Crippen LogP contribution in [0.4, 0.5) is 4.79 Å². The Morgan fingerprint density at radius 1 is 0.929 bits per heavy atom. The standard InChI is InChI=1S/C22H21N3O3/c1-23-13-20(26)25(22(23)28)11-14-2-4-15(5-3-14)16-6-9-19-17(10-16)12-24(21(19)27)18-7-8-18/h2-6,9-10,18H,7-8,11-13H2,1H3. The predicted molar refractivity (Wildman–Crippen MR) is 103 cm³/mol. The fourth-order valence-electron chi connectivity index (χ4n) is 4.01. The van der Waals surface area contributed by atoms with Gasteiger partial charge in [-0.05, 0) is 47.2 Å². The minimum absolute atomic E-state index is 0.142. The van der Waals surface area contributed by atoms with Gasteiger partial charge in [-0.3, -0.25) is 14.5 Å². The molecule has 0 atom stereocenters. The summed E-state index contributed by atoms with van der Waals surface area (Å²) in [7, 11) is 1.63. The molecule has 0 spiro atoms. The number of urea groups is 1. The lowest BCUT2D eigenvalue weighted by Gasteiger charge is -2.14. The lowest BCUT2D eigenvalue weighted by Crippen LogP contribution is -2.30. The molecule has 6 nitrogen and oxygen atoms in total. The SMILES string of the molecule is CN1CC(=O)N(Cc2ccc(-c3ccc4c(c3)CN(C3CC3)C4=O)cc2)C1=O. The highest BCUT2D eigenvalue weighted by atomic mass is 16.2. The van der Waals surface area contributed by atoms with E-state index >= 15 is 0 Å². The van der Waals surface area contributed by atoms with Crippen LogP contribution < -0.4 is 0 Å². The van der Waals surface area contributed by atoms with Crippen molar-refractivity contribution in [2.24, 2.45) is 0 Å². The molecule has 2 aliphatic heterocycles. The molecular formula is C22H21N3O3. The van der Waals surface area contributed by atoms with E-state index in [2.05, 4.69) is 6.07 Å². The quantitative estimate of drug-likeness (QED) is 0.772. The van der Waals surface area contributed by atoms with Gasteiger partial charge in [-0.2, -0.15) is 0 Å². The molecule has 1 saturated carbocycles. The topological polar surface area (TPSA) is 60.9 Å². The molecule has 2 aromatic rings. The van der Waals surface area contributed by atoms with Crippen molar-refractivity contribution >= 4 is 17.8 Å². The second-order valence-electron chi connectivity index (χ2n) is 7.85. The first-order chi connectivity index (χ1) is 13.5. The summed E-state index contributed by atoms with van der Waals surface area (Å²) in [5.41, 5.74) is 4.96. The lowest BCUT2D eigenvalue weighted by molar-refractivity contribution is -0.125. The minimum Gasteiger partial charge on any atom is -0.331 e. The maximum absolute atomic E-state index is 12.5. The number of carbonyl (C=O) groups is 3. The molecule has 1 aliphatic carbocycles. The van der Waals surface area contributed by atoms with Gasteiger partial charge < -0.3 is 9.80 Å². The zero-order valence-corrected chi connectivity index (χ0v) is 15.7. The van der Waals surface area contributed by atoms with E-state index in [0.29, 0.717) is 12.6 Å². The molecule has 1 saturated heterocycles. The second-order valence-corrected chi connectivity index (χ2v) is 7.85. The third kappa shape index (κ3) is 2.76. The minimum atomic E-state index is -0.252. The molecule has 4 amide bonds. The average molecular weight is 375 g/mol. The molecule has 28 heavy (non-hydrogen) atoms. The molecule has 3 aliphatic rings. The van der Waals surface area contributed by atoms with Gasteiger partial charge in [0, 0.05) is 25.2 Å². The Labute approximate surface area is 163 Å². The molecule has 0 aromatic heterocycles. The smallest absolute Gasteiger partial charge is 0.327 e. The average Bonchev–Trinajstić information content (AvgIpc) is 3.45. The summed E-state index contributed by atoms with van der Waals surface area (Å²) in [6.07, 6.45) is 2.23. The number of nitrogens with zero attached hydrogens (tertiary/aromatic N) is 3. The van der Waals surface area contributed by atoms with E-state index in [0.717, 1.165) is 40.7 Å². The zero-order chi connectivity index (χ0) is 19.4. The van der Waals surface area contributed by atoms with Gasteiger partial charge in [-0.1, -0.05) is 30.3 Å². The third-order valence-corrected chi connectivity index (χ3v) is 5.78. The van der Waals surface area contributed by atoms with Crippen molar-refractivity contribution in [3.8, 4) is 11.1 Å². The number of hydrogen-bond acceptors (Lipinski definition) is 3. The first-order valence-electron chi connectivity index (χ1n) is 9.60. The van der Waals surface area contributed by atoms with E-state index in [-0.39, 0.29) is 30.9 Å². The first kappa shape index (κ1) is 17.0. The van der Waals surface area contributed by atoms with Crippen molar-refractivity contribution < 1.29 is 14.4 Å². The van der Waals surface area contributed by atoms with Crippen molar-refractivity contribution in [3.05, 3.63) is 59.2 Å². The van der Waals surface area contributed by atoms with Gasteiger partial charge in [0.25, 0.3) is 11.8 Å². The number of amides is 4. The molecule has 0 bridgehead atoms. The van der Waals surface area contributed by atoms with Gasteiger partial charge in [0.15, 0.2) is 0 Å². The van der Waals surface area contributed by atoms with Crippen LogP contribution in [0.2, 0.25) is 0 Å². The second kappa shape index (κ2) is 6.19. The van der Waals surface area contributed by atoms with Gasteiger partial charge in [0.2, 0.25) is 0 Å². The van der Waals surface area contributed by atoms with Crippen LogP contribution in [0.3, 0.4) is 0 Å². The Morgan fingerprint density at radius 2 is 1.64 bits per heavy atom. The van der Waals surface area contributed by atoms with Crippen molar-refractivity contribution in [2.75, 3.05) is 13.6 Å². The highest BCUT2D eigenvalue weighted by Crippen LogP contribution is 2.36. The Kier molecular flexibility index (Phi) is 3.75. The number of imide groups is 1. The van der Waals surface area contributed by atoms with Crippen LogP contribution in [0.1, 0.15) is 34.3 Å². The fraction of sp³-hybridized carbons (Fsp3) is 0.318. The van der Waals surface area contributed by atoms with Gasteiger partial charge in [0.1, 0.15) is 6.54 Å². The van der Waals surface area contributed by atoms with E-state index in [9.17, 15) is 14.4 Å². The normalized spacial score (nSPS) is 19.0. The summed E-state index contributed by atoms with van der Waals surface area (Å²) in [6, 6.07) is 14.1. The molecule has 2 heterocycles.